The number of ketones is 1. The number of thiophene rings is 1. The van der Waals surface area contributed by atoms with Gasteiger partial charge in [-0.25, -0.2) is 4.79 Å². The number of urea groups is 1. The predicted octanol–water partition coefficient (Wildman–Crippen LogP) is 1.96. The maximum Gasteiger partial charge on any atom is 0.319 e. The van der Waals surface area contributed by atoms with Crippen molar-refractivity contribution in [2.24, 2.45) is 0 Å². The third-order valence-electron chi connectivity index (χ3n) is 2.52. The number of allylic oxidation sites excluding steroid dienone is 1. The smallest absolute Gasteiger partial charge is 0.319 e. The van der Waals surface area contributed by atoms with Gasteiger partial charge in [0.1, 0.15) is 0 Å². The minimum Gasteiger partial charge on any atom is -0.327 e. The van der Waals surface area contributed by atoms with Crippen molar-refractivity contribution in [3.8, 4) is 0 Å². The lowest BCUT2D eigenvalue weighted by Gasteiger charge is -2.27. The Morgan fingerprint density at radius 1 is 1.50 bits per heavy atom. The molecule has 16 heavy (non-hydrogen) atoms. The number of rotatable bonds is 2. The van der Waals surface area contributed by atoms with E-state index < -0.39 is 0 Å². The van der Waals surface area contributed by atoms with Crippen molar-refractivity contribution in [1.82, 2.24) is 10.6 Å². The van der Waals surface area contributed by atoms with Crippen molar-refractivity contribution in [2.45, 2.75) is 19.9 Å². The summed E-state index contributed by atoms with van der Waals surface area (Å²) in [4.78, 5) is 23.0. The largest absolute Gasteiger partial charge is 0.327 e. The summed E-state index contributed by atoms with van der Waals surface area (Å²) < 4.78 is 0. The average molecular weight is 236 g/mol. The first-order valence-corrected chi connectivity index (χ1v) is 5.85. The zero-order valence-corrected chi connectivity index (χ0v) is 9.85. The van der Waals surface area contributed by atoms with Gasteiger partial charge in [-0.1, -0.05) is 0 Å². The molecule has 0 radical (unpaired) electrons. The second kappa shape index (κ2) is 4.09. The van der Waals surface area contributed by atoms with E-state index in [0.29, 0.717) is 11.3 Å². The van der Waals surface area contributed by atoms with E-state index in [0.717, 1.165) is 5.56 Å². The molecule has 0 saturated carbocycles. The number of carbonyl (C=O) groups is 2. The number of hydrogen-bond donors (Lipinski definition) is 2. The summed E-state index contributed by atoms with van der Waals surface area (Å²) in [6, 6.07) is 1.33. The van der Waals surface area contributed by atoms with Gasteiger partial charge >= 0.3 is 6.03 Å². The Hall–Kier alpha value is -1.62. The molecule has 0 unspecified atom stereocenters. The zero-order chi connectivity index (χ0) is 11.7. The van der Waals surface area contributed by atoms with E-state index in [-0.39, 0.29) is 17.9 Å². The van der Waals surface area contributed by atoms with E-state index in [4.69, 9.17) is 0 Å². The van der Waals surface area contributed by atoms with Crippen LogP contribution in [0.5, 0.6) is 0 Å². The summed E-state index contributed by atoms with van der Waals surface area (Å²) in [5.74, 6) is -0.0267. The summed E-state index contributed by atoms with van der Waals surface area (Å²) in [5, 5.41) is 9.24. The molecule has 1 aliphatic heterocycles. The van der Waals surface area contributed by atoms with Gasteiger partial charge in [-0.05, 0) is 36.2 Å². The minimum absolute atomic E-state index is 0.0267. The van der Waals surface area contributed by atoms with Crippen LogP contribution in [0.4, 0.5) is 4.79 Å². The highest BCUT2D eigenvalue weighted by molar-refractivity contribution is 7.08. The van der Waals surface area contributed by atoms with Crippen molar-refractivity contribution in [2.75, 3.05) is 0 Å². The molecule has 0 aromatic carbocycles. The summed E-state index contributed by atoms with van der Waals surface area (Å²) in [7, 11) is 0. The Balaban J connectivity index is 2.46. The van der Waals surface area contributed by atoms with Gasteiger partial charge in [-0.15, -0.1) is 0 Å². The van der Waals surface area contributed by atoms with Crippen LogP contribution in [0.2, 0.25) is 0 Å². The molecule has 0 bridgehead atoms. The molecule has 5 heteroatoms. The Kier molecular flexibility index (Phi) is 2.78. The molecule has 0 saturated heterocycles. The van der Waals surface area contributed by atoms with Gasteiger partial charge in [0, 0.05) is 11.3 Å². The van der Waals surface area contributed by atoms with E-state index in [2.05, 4.69) is 10.6 Å². The molecule has 0 aliphatic carbocycles. The number of nitrogens with one attached hydrogen (secondary N) is 2. The quantitative estimate of drug-likeness (QED) is 0.824. The number of carbonyl (C=O) groups excluding carboxylic acids is 2. The molecule has 0 spiro atoms. The maximum atomic E-state index is 11.6. The van der Waals surface area contributed by atoms with Gasteiger partial charge in [0.05, 0.1) is 6.04 Å². The van der Waals surface area contributed by atoms with Crippen LogP contribution >= 0.6 is 11.3 Å². The molecule has 2 rings (SSSR count). The highest BCUT2D eigenvalue weighted by atomic mass is 32.1. The number of hydrogen-bond acceptors (Lipinski definition) is 3. The molecule has 2 heterocycles. The fourth-order valence-corrected chi connectivity index (χ4v) is 2.54. The van der Waals surface area contributed by atoms with E-state index >= 15 is 0 Å². The summed E-state index contributed by atoms with van der Waals surface area (Å²) in [5.41, 5.74) is 2.20. The van der Waals surface area contributed by atoms with Crippen LogP contribution < -0.4 is 10.6 Å². The number of amides is 2. The lowest BCUT2D eigenvalue weighted by Crippen LogP contribution is -2.44. The van der Waals surface area contributed by atoms with Gasteiger partial charge in [0.15, 0.2) is 5.78 Å². The first-order chi connectivity index (χ1) is 7.59. The summed E-state index contributed by atoms with van der Waals surface area (Å²) >= 11 is 1.54. The Bertz CT molecular complexity index is 462. The lowest BCUT2D eigenvalue weighted by atomic mass is 9.95. The molecular formula is C11H12N2O2S. The van der Waals surface area contributed by atoms with Crippen LogP contribution in [-0.4, -0.2) is 11.8 Å². The van der Waals surface area contributed by atoms with E-state index in [9.17, 15) is 9.59 Å². The molecule has 0 fully saturated rings. The second-order valence-electron chi connectivity index (χ2n) is 3.68. The molecule has 1 atom stereocenters. The Labute approximate surface area is 97.4 Å². The average Bonchev–Trinajstić information content (AvgIpc) is 2.67. The molecule has 2 N–H and O–H groups in total. The third-order valence-corrected chi connectivity index (χ3v) is 3.23. The Morgan fingerprint density at radius 2 is 2.25 bits per heavy atom. The van der Waals surface area contributed by atoms with Gasteiger partial charge in [0.25, 0.3) is 0 Å². The third kappa shape index (κ3) is 1.86. The van der Waals surface area contributed by atoms with Gasteiger partial charge in [0.2, 0.25) is 0 Å². The van der Waals surface area contributed by atoms with Crippen LogP contribution in [0, 0.1) is 0 Å². The van der Waals surface area contributed by atoms with Crippen LogP contribution in [0.25, 0.3) is 0 Å². The van der Waals surface area contributed by atoms with Crippen molar-refractivity contribution in [1.29, 1.82) is 0 Å². The van der Waals surface area contributed by atoms with Crippen LogP contribution in [0.3, 0.4) is 0 Å². The van der Waals surface area contributed by atoms with Gasteiger partial charge < -0.3 is 10.6 Å². The molecule has 1 aromatic heterocycles. The molecule has 1 aliphatic rings. The lowest BCUT2D eigenvalue weighted by molar-refractivity contribution is -0.114. The highest BCUT2D eigenvalue weighted by Crippen LogP contribution is 2.28. The van der Waals surface area contributed by atoms with E-state index in [1.807, 2.05) is 16.8 Å². The zero-order valence-electron chi connectivity index (χ0n) is 9.03. The minimum atomic E-state index is -0.322. The van der Waals surface area contributed by atoms with E-state index in [1.54, 1.807) is 18.3 Å². The topological polar surface area (TPSA) is 58.2 Å². The van der Waals surface area contributed by atoms with Crippen molar-refractivity contribution >= 4 is 23.2 Å². The fraction of sp³-hybridized carbons (Fsp3) is 0.273. The molecule has 4 nitrogen and oxygen atoms in total. The Morgan fingerprint density at radius 3 is 2.81 bits per heavy atom. The standard InChI is InChI=1S/C11H12N2O2S/c1-6-9(7(2)14)10(13-11(15)12-6)8-3-4-16-5-8/h3-5,10H,1-2H3,(H2,12,13,15)/t10-/m1/s1. The van der Waals surface area contributed by atoms with Crippen molar-refractivity contribution in [3.05, 3.63) is 33.7 Å². The summed E-state index contributed by atoms with van der Waals surface area (Å²) in [6.45, 7) is 3.26. The normalized spacial score (nSPS) is 20.4. The molecule has 2 amide bonds. The SMILES string of the molecule is CC(=O)C1=C(C)NC(=O)N[C@@H]1c1ccsc1. The monoisotopic (exact) mass is 236 g/mol. The van der Waals surface area contributed by atoms with Crippen LogP contribution in [0.1, 0.15) is 25.5 Å². The molecule has 1 aromatic rings. The van der Waals surface area contributed by atoms with Crippen LogP contribution in [-0.2, 0) is 4.79 Å². The molecular weight excluding hydrogens is 224 g/mol. The van der Waals surface area contributed by atoms with Crippen molar-refractivity contribution in [3.63, 3.8) is 0 Å². The number of Topliss-reactive ketones (excluding diaryl/α,β-unsaturated/α-hetero) is 1. The summed E-state index contributed by atoms with van der Waals surface area (Å²) in [6.07, 6.45) is 0. The van der Waals surface area contributed by atoms with Crippen molar-refractivity contribution < 1.29 is 9.59 Å². The second-order valence-corrected chi connectivity index (χ2v) is 4.46. The van der Waals surface area contributed by atoms with Crippen LogP contribution in [0.15, 0.2) is 28.1 Å². The predicted molar refractivity (Wildman–Crippen MR) is 62.1 cm³/mol. The first-order valence-electron chi connectivity index (χ1n) is 4.91. The molecule has 84 valence electrons. The first kappa shape index (κ1) is 10.9. The van der Waals surface area contributed by atoms with E-state index in [1.165, 1.54) is 6.92 Å². The maximum absolute atomic E-state index is 11.6. The highest BCUT2D eigenvalue weighted by Gasteiger charge is 2.28. The fourth-order valence-electron chi connectivity index (χ4n) is 1.85. The van der Waals surface area contributed by atoms with Gasteiger partial charge in [-0.2, -0.15) is 11.3 Å². The van der Waals surface area contributed by atoms with Gasteiger partial charge in [-0.3, -0.25) is 4.79 Å².